The summed E-state index contributed by atoms with van der Waals surface area (Å²) in [4.78, 5) is 30.9. The summed E-state index contributed by atoms with van der Waals surface area (Å²) in [7, 11) is 1.73. The van der Waals surface area contributed by atoms with E-state index >= 15 is 0 Å². The van der Waals surface area contributed by atoms with Gasteiger partial charge in [0.25, 0.3) is 0 Å². The maximum atomic E-state index is 13.0. The van der Waals surface area contributed by atoms with Crippen LogP contribution in [0.2, 0.25) is 5.02 Å². The number of thioether (sulfide) groups is 1. The standard InChI is InChI=1S/C22H25ClN2O3S/c1-15(26)11-12-25(3)22(28)21(17-7-5-4-6-8-17)29-14-24-20-10-9-18(23)13-19(20)16(2)27/h4-10,13-15,21,26H,11-12H2,1-3H3/t15-,21?/m0/s1. The topological polar surface area (TPSA) is 70.0 Å². The number of Topliss-reactive ketones (excluding diaryl/α,β-unsaturated/α-hetero) is 1. The zero-order valence-electron chi connectivity index (χ0n) is 16.7. The molecule has 2 aromatic carbocycles. The first-order chi connectivity index (χ1) is 13.8. The number of halogens is 1. The molecule has 7 heteroatoms. The second kappa shape index (κ2) is 11.1. The molecule has 0 saturated carbocycles. The molecule has 0 aliphatic heterocycles. The van der Waals surface area contributed by atoms with E-state index in [2.05, 4.69) is 4.99 Å². The molecule has 0 radical (unpaired) electrons. The number of aliphatic hydroxyl groups excluding tert-OH is 1. The highest BCUT2D eigenvalue weighted by Gasteiger charge is 2.24. The normalized spacial score (nSPS) is 13.3. The summed E-state index contributed by atoms with van der Waals surface area (Å²) < 4.78 is 0. The van der Waals surface area contributed by atoms with Gasteiger partial charge in [0, 0.05) is 24.2 Å². The van der Waals surface area contributed by atoms with E-state index in [-0.39, 0.29) is 11.7 Å². The fourth-order valence-electron chi connectivity index (χ4n) is 2.65. The van der Waals surface area contributed by atoms with Crippen LogP contribution in [0.4, 0.5) is 5.69 Å². The molecular formula is C22H25ClN2O3S. The zero-order valence-corrected chi connectivity index (χ0v) is 18.3. The third-order valence-electron chi connectivity index (χ3n) is 4.31. The number of rotatable bonds is 9. The van der Waals surface area contributed by atoms with Crippen molar-refractivity contribution >= 4 is 46.3 Å². The molecule has 0 saturated heterocycles. The Morgan fingerprint density at radius 1 is 1.24 bits per heavy atom. The summed E-state index contributed by atoms with van der Waals surface area (Å²) in [6.07, 6.45) is 0.0412. The van der Waals surface area contributed by atoms with Crippen LogP contribution in [-0.4, -0.2) is 46.9 Å². The number of hydrogen-bond donors (Lipinski definition) is 1. The van der Waals surface area contributed by atoms with Gasteiger partial charge in [0.1, 0.15) is 5.25 Å². The highest BCUT2D eigenvalue weighted by atomic mass is 35.5. The Balaban J connectivity index is 2.22. The molecule has 0 aliphatic rings. The van der Waals surface area contributed by atoms with Crippen LogP contribution in [0.5, 0.6) is 0 Å². The number of carbonyl (C=O) groups excluding carboxylic acids is 2. The molecule has 0 fully saturated rings. The largest absolute Gasteiger partial charge is 0.393 e. The van der Waals surface area contributed by atoms with Crippen molar-refractivity contribution in [3.8, 4) is 0 Å². The molecule has 0 heterocycles. The minimum absolute atomic E-state index is 0.0730. The fraction of sp³-hybridized carbons (Fsp3) is 0.318. The van der Waals surface area contributed by atoms with Crippen molar-refractivity contribution in [2.45, 2.75) is 31.6 Å². The Hall–Kier alpha value is -2.15. The fourth-order valence-corrected chi connectivity index (χ4v) is 3.73. The Kier molecular flexibility index (Phi) is 8.89. The van der Waals surface area contributed by atoms with Gasteiger partial charge in [0.2, 0.25) is 5.91 Å². The van der Waals surface area contributed by atoms with Gasteiger partial charge in [-0.15, -0.1) is 0 Å². The number of amides is 1. The van der Waals surface area contributed by atoms with Crippen LogP contribution in [0, 0.1) is 0 Å². The monoisotopic (exact) mass is 432 g/mol. The van der Waals surface area contributed by atoms with E-state index in [1.807, 2.05) is 30.3 Å². The summed E-state index contributed by atoms with van der Waals surface area (Å²) in [6, 6.07) is 14.4. The molecule has 0 aliphatic carbocycles. The van der Waals surface area contributed by atoms with Gasteiger partial charge in [-0.2, -0.15) is 0 Å². The molecule has 2 aromatic rings. The second-order valence-electron chi connectivity index (χ2n) is 6.78. The van der Waals surface area contributed by atoms with E-state index in [4.69, 9.17) is 11.6 Å². The van der Waals surface area contributed by atoms with Gasteiger partial charge in [-0.05, 0) is 44.0 Å². The van der Waals surface area contributed by atoms with Crippen LogP contribution in [0.15, 0.2) is 53.5 Å². The Morgan fingerprint density at radius 2 is 1.93 bits per heavy atom. The molecule has 1 N–H and O–H groups in total. The average molecular weight is 433 g/mol. The first kappa shape index (κ1) is 23.1. The molecule has 154 valence electrons. The van der Waals surface area contributed by atoms with Crippen molar-refractivity contribution < 1.29 is 14.7 Å². The lowest BCUT2D eigenvalue weighted by Crippen LogP contribution is -2.32. The van der Waals surface area contributed by atoms with Crippen molar-refractivity contribution in [1.29, 1.82) is 0 Å². The quantitative estimate of drug-likeness (QED) is 0.347. The van der Waals surface area contributed by atoms with Gasteiger partial charge in [0.05, 0.1) is 17.3 Å². The van der Waals surface area contributed by atoms with Crippen molar-refractivity contribution in [2.24, 2.45) is 4.99 Å². The molecule has 0 aromatic heterocycles. The number of aliphatic hydroxyl groups is 1. The lowest BCUT2D eigenvalue weighted by Gasteiger charge is -2.23. The number of ketones is 1. The maximum absolute atomic E-state index is 13.0. The van der Waals surface area contributed by atoms with Gasteiger partial charge in [-0.25, -0.2) is 4.99 Å². The molecule has 1 unspecified atom stereocenters. The molecule has 0 spiro atoms. The van der Waals surface area contributed by atoms with Crippen LogP contribution in [0.1, 0.15) is 41.4 Å². The minimum Gasteiger partial charge on any atom is -0.393 e. The van der Waals surface area contributed by atoms with Crippen molar-refractivity contribution in [1.82, 2.24) is 4.90 Å². The SMILES string of the molecule is CC(=O)c1cc(Cl)ccc1N=CSC(C(=O)N(C)CC[C@H](C)O)c1ccccc1. The average Bonchev–Trinajstić information content (AvgIpc) is 2.70. The van der Waals surface area contributed by atoms with Crippen LogP contribution < -0.4 is 0 Å². The predicted molar refractivity (Wildman–Crippen MR) is 120 cm³/mol. The second-order valence-corrected chi connectivity index (χ2v) is 8.17. The van der Waals surface area contributed by atoms with Crippen LogP contribution in [0.3, 0.4) is 0 Å². The third-order valence-corrected chi connectivity index (χ3v) is 5.52. The van der Waals surface area contributed by atoms with E-state index in [1.54, 1.807) is 42.6 Å². The van der Waals surface area contributed by atoms with E-state index in [0.717, 1.165) is 5.56 Å². The van der Waals surface area contributed by atoms with Gasteiger partial charge in [0.15, 0.2) is 5.78 Å². The van der Waals surface area contributed by atoms with E-state index < -0.39 is 11.4 Å². The number of aliphatic imine (C=N–C) groups is 1. The highest BCUT2D eigenvalue weighted by molar-refractivity contribution is 8.12. The Morgan fingerprint density at radius 3 is 2.55 bits per heavy atom. The molecule has 1 amide bonds. The van der Waals surface area contributed by atoms with E-state index in [9.17, 15) is 14.7 Å². The highest BCUT2D eigenvalue weighted by Crippen LogP contribution is 2.31. The number of likely N-dealkylation sites (N-methyl/N-ethyl adjacent to an activating group) is 1. The summed E-state index contributed by atoms with van der Waals surface area (Å²) in [5.74, 6) is -0.200. The number of hydrogen-bond acceptors (Lipinski definition) is 5. The van der Waals surface area contributed by atoms with Gasteiger partial charge in [-0.1, -0.05) is 53.7 Å². The molecule has 0 bridgehead atoms. The van der Waals surface area contributed by atoms with Gasteiger partial charge < -0.3 is 10.0 Å². The smallest absolute Gasteiger partial charge is 0.240 e. The third kappa shape index (κ3) is 6.99. The first-order valence-electron chi connectivity index (χ1n) is 9.26. The first-order valence-corrected chi connectivity index (χ1v) is 10.6. The number of carbonyl (C=O) groups is 2. The Bertz CT molecular complexity index is 872. The molecular weight excluding hydrogens is 408 g/mol. The maximum Gasteiger partial charge on any atom is 0.240 e. The molecule has 2 rings (SSSR count). The van der Waals surface area contributed by atoms with Crippen LogP contribution in [0.25, 0.3) is 0 Å². The zero-order chi connectivity index (χ0) is 21.4. The number of nitrogens with zero attached hydrogens (tertiary/aromatic N) is 2. The summed E-state index contributed by atoms with van der Waals surface area (Å²) >= 11 is 7.25. The minimum atomic E-state index is -0.480. The molecule has 29 heavy (non-hydrogen) atoms. The Labute approximate surface area is 180 Å². The molecule has 2 atom stereocenters. The van der Waals surface area contributed by atoms with Crippen molar-refractivity contribution in [3.63, 3.8) is 0 Å². The summed E-state index contributed by atoms with van der Waals surface area (Å²) in [5, 5.41) is 9.49. The lowest BCUT2D eigenvalue weighted by molar-refractivity contribution is -0.129. The number of benzene rings is 2. The van der Waals surface area contributed by atoms with Gasteiger partial charge >= 0.3 is 0 Å². The lowest BCUT2D eigenvalue weighted by atomic mass is 10.1. The van der Waals surface area contributed by atoms with Crippen LogP contribution in [-0.2, 0) is 4.79 Å². The van der Waals surface area contributed by atoms with E-state index in [0.29, 0.717) is 29.2 Å². The predicted octanol–water partition coefficient (Wildman–Crippen LogP) is 4.91. The van der Waals surface area contributed by atoms with Crippen molar-refractivity contribution in [3.05, 3.63) is 64.7 Å². The van der Waals surface area contributed by atoms with E-state index in [1.165, 1.54) is 18.7 Å². The summed E-state index contributed by atoms with van der Waals surface area (Å²) in [6.45, 7) is 3.63. The molecule has 5 nitrogen and oxygen atoms in total. The summed E-state index contributed by atoms with van der Waals surface area (Å²) in [5.41, 5.74) is 3.40. The van der Waals surface area contributed by atoms with Crippen LogP contribution >= 0.6 is 23.4 Å². The van der Waals surface area contributed by atoms with Crippen molar-refractivity contribution in [2.75, 3.05) is 13.6 Å². The van der Waals surface area contributed by atoms with Gasteiger partial charge in [-0.3, -0.25) is 9.59 Å².